The van der Waals surface area contributed by atoms with Crippen molar-refractivity contribution in [1.29, 1.82) is 0 Å². The summed E-state index contributed by atoms with van der Waals surface area (Å²) in [6.07, 6.45) is 0. The Morgan fingerprint density at radius 3 is 1.53 bits per heavy atom. The van der Waals surface area contributed by atoms with Crippen molar-refractivity contribution in [1.82, 2.24) is 20.4 Å². The summed E-state index contributed by atoms with van der Waals surface area (Å²) in [6.45, 7) is 2.27. The maximum Gasteiger partial charge on any atom is 0.328 e. The Hall–Kier alpha value is -3.81. The molecule has 0 aromatic heterocycles. The minimum atomic E-state index is -1.59. The lowest BCUT2D eigenvalue weighted by atomic mass is 9.83. The highest BCUT2D eigenvalue weighted by atomic mass is 16.2. The standard InChI is InChI=1S/C27H26N4O3/c32-24-27(22-14-8-3-9-15-22,25(33)29-26(34)28-24)31-18-16-30(17-19-31)23(20-10-4-1-5-11-20)21-12-6-2-7-13-21/h1-15,23H,16-19H2,(H2,28,29,32,33,34). The molecule has 3 aromatic carbocycles. The minimum Gasteiger partial charge on any atom is -0.290 e. The number of carbonyl (C=O) groups excluding carboxylic acids is 3. The molecule has 7 nitrogen and oxygen atoms in total. The van der Waals surface area contributed by atoms with Crippen molar-refractivity contribution in [3.05, 3.63) is 108 Å². The molecule has 4 amide bonds. The van der Waals surface area contributed by atoms with Crippen molar-refractivity contribution in [2.75, 3.05) is 26.2 Å². The van der Waals surface area contributed by atoms with Crippen molar-refractivity contribution < 1.29 is 14.4 Å². The Balaban J connectivity index is 1.46. The molecule has 3 aromatic rings. The Bertz CT molecular complexity index is 1120. The van der Waals surface area contributed by atoms with Gasteiger partial charge in [0.25, 0.3) is 11.8 Å². The number of imide groups is 2. The summed E-state index contributed by atoms with van der Waals surface area (Å²) >= 11 is 0. The molecule has 2 heterocycles. The Labute approximate surface area is 198 Å². The van der Waals surface area contributed by atoms with E-state index in [-0.39, 0.29) is 6.04 Å². The number of hydrogen-bond donors (Lipinski definition) is 2. The molecule has 0 saturated carbocycles. The topological polar surface area (TPSA) is 81.8 Å². The molecule has 2 aliphatic heterocycles. The normalized spacial score (nSPS) is 19.0. The zero-order valence-electron chi connectivity index (χ0n) is 18.7. The predicted octanol–water partition coefficient (Wildman–Crippen LogP) is 2.66. The lowest BCUT2D eigenvalue weighted by molar-refractivity contribution is -0.150. The van der Waals surface area contributed by atoms with E-state index in [0.29, 0.717) is 31.7 Å². The monoisotopic (exact) mass is 454 g/mol. The molecule has 172 valence electrons. The van der Waals surface area contributed by atoms with Gasteiger partial charge in [-0.3, -0.25) is 30.0 Å². The zero-order valence-corrected chi connectivity index (χ0v) is 18.7. The first-order chi connectivity index (χ1) is 16.6. The lowest BCUT2D eigenvalue weighted by Crippen LogP contribution is -2.73. The molecule has 0 bridgehead atoms. The third-order valence-electron chi connectivity index (χ3n) is 6.69. The van der Waals surface area contributed by atoms with E-state index in [1.165, 1.54) is 11.1 Å². The zero-order chi connectivity index (χ0) is 23.5. The van der Waals surface area contributed by atoms with Gasteiger partial charge in [-0.15, -0.1) is 0 Å². The van der Waals surface area contributed by atoms with Gasteiger partial charge in [-0.05, 0) is 16.7 Å². The average Bonchev–Trinajstić information content (AvgIpc) is 2.87. The SMILES string of the molecule is O=C1NC(=O)C(c2ccccc2)(N2CCN(C(c3ccccc3)c3ccccc3)CC2)C(=O)N1. The minimum absolute atomic E-state index is 0.0628. The van der Waals surface area contributed by atoms with Crippen LogP contribution in [0.1, 0.15) is 22.7 Å². The number of benzene rings is 3. The van der Waals surface area contributed by atoms with Crippen LogP contribution in [0.4, 0.5) is 4.79 Å². The number of amides is 4. The average molecular weight is 455 g/mol. The molecule has 5 rings (SSSR count). The molecule has 0 spiro atoms. The number of rotatable bonds is 5. The van der Waals surface area contributed by atoms with Crippen LogP contribution >= 0.6 is 0 Å². The second-order valence-electron chi connectivity index (χ2n) is 8.56. The summed E-state index contributed by atoms with van der Waals surface area (Å²) < 4.78 is 0. The van der Waals surface area contributed by atoms with Gasteiger partial charge in [-0.2, -0.15) is 0 Å². The first-order valence-corrected chi connectivity index (χ1v) is 11.4. The summed E-state index contributed by atoms with van der Waals surface area (Å²) in [5.41, 5.74) is 1.35. The van der Waals surface area contributed by atoms with Crippen molar-refractivity contribution in [2.24, 2.45) is 0 Å². The van der Waals surface area contributed by atoms with Crippen LogP contribution in [0.25, 0.3) is 0 Å². The fourth-order valence-corrected chi connectivity index (χ4v) is 5.13. The number of carbonyl (C=O) groups is 3. The highest BCUT2D eigenvalue weighted by molar-refractivity contribution is 6.22. The van der Waals surface area contributed by atoms with E-state index in [9.17, 15) is 14.4 Å². The van der Waals surface area contributed by atoms with Gasteiger partial charge >= 0.3 is 6.03 Å². The summed E-state index contributed by atoms with van der Waals surface area (Å²) in [6, 6.07) is 28.9. The molecule has 2 saturated heterocycles. The van der Waals surface area contributed by atoms with Gasteiger partial charge in [-0.25, -0.2) is 4.79 Å². The Morgan fingerprint density at radius 1 is 0.618 bits per heavy atom. The smallest absolute Gasteiger partial charge is 0.290 e. The molecule has 0 aliphatic carbocycles. The van der Waals surface area contributed by atoms with Crippen molar-refractivity contribution in [3.63, 3.8) is 0 Å². The summed E-state index contributed by atoms with van der Waals surface area (Å²) in [5, 5.41) is 4.63. The summed E-state index contributed by atoms with van der Waals surface area (Å²) in [4.78, 5) is 42.6. The molecule has 0 unspecified atom stereocenters. The van der Waals surface area contributed by atoms with Crippen LogP contribution in [-0.4, -0.2) is 53.8 Å². The van der Waals surface area contributed by atoms with Gasteiger partial charge in [0.1, 0.15) is 0 Å². The predicted molar refractivity (Wildman–Crippen MR) is 128 cm³/mol. The van der Waals surface area contributed by atoms with E-state index in [1.807, 2.05) is 47.4 Å². The van der Waals surface area contributed by atoms with E-state index >= 15 is 0 Å². The molecule has 2 fully saturated rings. The number of nitrogens with one attached hydrogen (secondary N) is 2. The van der Waals surface area contributed by atoms with Crippen LogP contribution in [-0.2, 0) is 15.1 Å². The second-order valence-corrected chi connectivity index (χ2v) is 8.56. The lowest BCUT2D eigenvalue weighted by Gasteiger charge is -2.48. The molecule has 2 aliphatic rings. The fourth-order valence-electron chi connectivity index (χ4n) is 5.13. The van der Waals surface area contributed by atoms with Crippen LogP contribution in [0.5, 0.6) is 0 Å². The maximum atomic E-state index is 13.2. The Kier molecular flexibility index (Phi) is 5.96. The van der Waals surface area contributed by atoms with Gasteiger partial charge in [0.05, 0.1) is 6.04 Å². The quantitative estimate of drug-likeness (QED) is 0.580. The van der Waals surface area contributed by atoms with Gasteiger partial charge in [0.2, 0.25) is 5.54 Å². The highest BCUT2D eigenvalue weighted by Crippen LogP contribution is 2.35. The van der Waals surface area contributed by atoms with Gasteiger partial charge < -0.3 is 0 Å². The van der Waals surface area contributed by atoms with Gasteiger partial charge in [0, 0.05) is 26.2 Å². The molecular formula is C27H26N4O3. The van der Waals surface area contributed by atoms with Crippen LogP contribution in [0.2, 0.25) is 0 Å². The largest absolute Gasteiger partial charge is 0.328 e. The van der Waals surface area contributed by atoms with Crippen LogP contribution in [0, 0.1) is 0 Å². The van der Waals surface area contributed by atoms with E-state index in [1.54, 1.807) is 24.3 Å². The molecule has 7 heteroatoms. The molecule has 0 atom stereocenters. The fraction of sp³-hybridized carbons (Fsp3) is 0.222. The van der Waals surface area contributed by atoms with Gasteiger partial charge in [-0.1, -0.05) is 91.0 Å². The first-order valence-electron chi connectivity index (χ1n) is 11.4. The van der Waals surface area contributed by atoms with E-state index < -0.39 is 23.4 Å². The van der Waals surface area contributed by atoms with Crippen LogP contribution in [0.15, 0.2) is 91.0 Å². The van der Waals surface area contributed by atoms with Crippen LogP contribution in [0.3, 0.4) is 0 Å². The molecule has 0 radical (unpaired) electrons. The number of piperazine rings is 1. The van der Waals surface area contributed by atoms with E-state index in [0.717, 1.165) is 0 Å². The first kappa shape index (κ1) is 22.0. The number of urea groups is 1. The number of barbiturate groups is 1. The van der Waals surface area contributed by atoms with Crippen molar-refractivity contribution in [2.45, 2.75) is 11.6 Å². The highest BCUT2D eigenvalue weighted by Gasteiger charge is 2.56. The second kappa shape index (κ2) is 9.21. The number of hydrogen-bond acceptors (Lipinski definition) is 5. The van der Waals surface area contributed by atoms with Crippen molar-refractivity contribution in [3.8, 4) is 0 Å². The van der Waals surface area contributed by atoms with Gasteiger partial charge in [0.15, 0.2) is 0 Å². The molecule has 34 heavy (non-hydrogen) atoms. The van der Waals surface area contributed by atoms with E-state index in [4.69, 9.17) is 0 Å². The third-order valence-corrected chi connectivity index (χ3v) is 6.69. The molecular weight excluding hydrogens is 428 g/mol. The Morgan fingerprint density at radius 2 is 1.06 bits per heavy atom. The molecule has 2 N–H and O–H groups in total. The number of nitrogens with zero attached hydrogens (tertiary/aromatic N) is 2. The van der Waals surface area contributed by atoms with Crippen molar-refractivity contribution >= 4 is 17.8 Å². The van der Waals surface area contributed by atoms with E-state index in [2.05, 4.69) is 39.8 Å². The summed E-state index contributed by atoms with van der Waals surface area (Å²) in [5.74, 6) is -1.22. The third kappa shape index (κ3) is 3.79. The summed E-state index contributed by atoms with van der Waals surface area (Å²) in [7, 11) is 0. The maximum absolute atomic E-state index is 13.2. The van der Waals surface area contributed by atoms with Crippen LogP contribution < -0.4 is 10.6 Å².